The van der Waals surface area contributed by atoms with Gasteiger partial charge in [0.2, 0.25) is 0 Å². The Morgan fingerprint density at radius 2 is 1.14 bits per heavy atom. The Kier molecular flexibility index (Phi) is 8.46. The van der Waals surface area contributed by atoms with E-state index in [0.717, 1.165) is 5.92 Å². The van der Waals surface area contributed by atoms with Gasteiger partial charge in [0.1, 0.15) is 0 Å². The normalized spacial score (nSPS) is 18.8. The number of hydrogen-bond acceptors (Lipinski definition) is 1. The maximum atomic E-state index is 2.84. The second-order valence-corrected chi connectivity index (χ2v) is 8.41. The molecule has 1 aliphatic heterocycles. The van der Waals surface area contributed by atoms with Crippen LogP contribution in [0.3, 0.4) is 0 Å². The quantitative estimate of drug-likeness (QED) is 0.436. The topological polar surface area (TPSA) is 3.24 Å². The van der Waals surface area contributed by atoms with Crippen molar-refractivity contribution in [2.45, 2.75) is 111 Å². The van der Waals surface area contributed by atoms with Crippen LogP contribution in [-0.4, -0.2) is 23.5 Å². The van der Waals surface area contributed by atoms with E-state index in [9.17, 15) is 0 Å². The lowest BCUT2D eigenvalue weighted by atomic mass is 9.67. The molecule has 1 nitrogen and oxygen atoms in total. The van der Waals surface area contributed by atoms with E-state index >= 15 is 0 Å². The molecule has 0 spiro atoms. The van der Waals surface area contributed by atoms with E-state index in [0.29, 0.717) is 11.0 Å². The highest BCUT2D eigenvalue weighted by Crippen LogP contribution is 2.44. The molecule has 0 bridgehead atoms. The maximum absolute atomic E-state index is 2.84. The summed E-state index contributed by atoms with van der Waals surface area (Å²) in [5.41, 5.74) is 1.06. The van der Waals surface area contributed by atoms with Crippen LogP contribution in [0.1, 0.15) is 106 Å². The van der Waals surface area contributed by atoms with Crippen LogP contribution in [0.2, 0.25) is 0 Å². The van der Waals surface area contributed by atoms with Gasteiger partial charge in [0.15, 0.2) is 0 Å². The summed E-state index contributed by atoms with van der Waals surface area (Å²) in [4.78, 5) is 2.84. The smallest absolute Gasteiger partial charge is 0.0181 e. The van der Waals surface area contributed by atoms with Gasteiger partial charge in [-0.3, -0.25) is 4.90 Å². The van der Waals surface area contributed by atoms with Crippen LogP contribution in [0.25, 0.3) is 0 Å². The van der Waals surface area contributed by atoms with Crippen LogP contribution in [0.4, 0.5) is 0 Å². The number of piperidine rings is 1. The summed E-state index contributed by atoms with van der Waals surface area (Å²) in [5, 5.41) is 0. The Hall–Kier alpha value is -0.0400. The summed E-state index contributed by atoms with van der Waals surface area (Å²) in [6, 6.07) is 0. The van der Waals surface area contributed by atoms with Gasteiger partial charge in [0.25, 0.3) is 0 Å². The van der Waals surface area contributed by atoms with E-state index in [4.69, 9.17) is 0 Å². The van der Waals surface area contributed by atoms with Crippen molar-refractivity contribution in [3.8, 4) is 0 Å². The summed E-state index contributed by atoms with van der Waals surface area (Å²) in [5.74, 6) is 0.955. The Labute approximate surface area is 141 Å². The second kappa shape index (κ2) is 9.30. The third-order valence-electron chi connectivity index (χ3n) is 6.46. The zero-order valence-corrected chi connectivity index (χ0v) is 16.5. The molecule has 0 N–H and O–H groups in total. The van der Waals surface area contributed by atoms with Gasteiger partial charge in [-0.25, -0.2) is 0 Å². The molecule has 1 fully saturated rings. The molecular formula is C21H43N. The van der Waals surface area contributed by atoms with E-state index < -0.39 is 0 Å². The summed E-state index contributed by atoms with van der Waals surface area (Å²) >= 11 is 0. The van der Waals surface area contributed by atoms with Crippen molar-refractivity contribution in [3.63, 3.8) is 0 Å². The van der Waals surface area contributed by atoms with Gasteiger partial charge in [-0.15, -0.1) is 0 Å². The second-order valence-electron chi connectivity index (χ2n) is 8.41. The predicted molar refractivity (Wildman–Crippen MR) is 100 cm³/mol. The molecule has 0 aromatic rings. The molecule has 1 heteroatoms. The van der Waals surface area contributed by atoms with Gasteiger partial charge in [-0.05, 0) is 69.9 Å². The van der Waals surface area contributed by atoms with E-state index in [2.05, 4.69) is 46.4 Å². The highest BCUT2D eigenvalue weighted by atomic mass is 15.2. The summed E-state index contributed by atoms with van der Waals surface area (Å²) < 4.78 is 0. The van der Waals surface area contributed by atoms with E-state index in [1.165, 1.54) is 77.3 Å². The number of hydrogen-bond donors (Lipinski definition) is 0. The average molecular weight is 310 g/mol. The summed E-state index contributed by atoms with van der Waals surface area (Å²) in [7, 11) is 0. The molecular weight excluding hydrogens is 266 g/mol. The van der Waals surface area contributed by atoms with Crippen LogP contribution in [0.5, 0.6) is 0 Å². The zero-order valence-electron chi connectivity index (χ0n) is 16.5. The Bertz CT molecular complexity index is 246. The van der Waals surface area contributed by atoms with Crippen molar-refractivity contribution in [1.82, 2.24) is 4.90 Å². The highest BCUT2D eigenvalue weighted by Gasteiger charge is 2.38. The minimum absolute atomic E-state index is 0.459. The lowest BCUT2D eigenvalue weighted by Gasteiger charge is -2.49. The molecule has 1 aliphatic rings. The van der Waals surface area contributed by atoms with Gasteiger partial charge in [0, 0.05) is 5.54 Å². The van der Waals surface area contributed by atoms with Crippen molar-refractivity contribution in [2.24, 2.45) is 11.3 Å². The minimum Gasteiger partial charge on any atom is -0.298 e. The molecule has 1 heterocycles. The zero-order chi connectivity index (χ0) is 16.6. The van der Waals surface area contributed by atoms with Crippen molar-refractivity contribution >= 4 is 0 Å². The first kappa shape index (κ1) is 20.0. The molecule has 1 saturated heterocycles. The number of nitrogens with zero attached hydrogens (tertiary/aromatic N) is 1. The minimum atomic E-state index is 0.459. The molecule has 1 rings (SSSR count). The predicted octanol–water partition coefficient (Wildman–Crippen LogP) is 6.66. The number of likely N-dealkylation sites (tertiary alicyclic amines) is 1. The Balaban J connectivity index is 2.67. The molecule has 0 aromatic carbocycles. The molecule has 0 aromatic heterocycles. The fourth-order valence-corrected chi connectivity index (χ4v) is 5.31. The van der Waals surface area contributed by atoms with Gasteiger partial charge >= 0.3 is 0 Å². The average Bonchev–Trinajstić information content (AvgIpc) is 2.48. The lowest BCUT2D eigenvalue weighted by Crippen LogP contribution is -2.51. The van der Waals surface area contributed by atoms with Crippen LogP contribution in [-0.2, 0) is 0 Å². The molecule has 0 atom stereocenters. The standard InChI is InChI=1S/C21H43N/c1-7-13-20(5,14-8-2)19-11-17-22(18-12-19)21(6,15-9-3)16-10-4/h19H,7-18H2,1-6H3. The van der Waals surface area contributed by atoms with Crippen molar-refractivity contribution in [2.75, 3.05) is 13.1 Å². The van der Waals surface area contributed by atoms with Gasteiger partial charge in [0.05, 0.1) is 0 Å². The molecule has 0 radical (unpaired) electrons. The van der Waals surface area contributed by atoms with Crippen LogP contribution >= 0.6 is 0 Å². The molecule has 0 amide bonds. The molecule has 0 saturated carbocycles. The fraction of sp³-hybridized carbons (Fsp3) is 1.00. The van der Waals surface area contributed by atoms with Crippen molar-refractivity contribution < 1.29 is 0 Å². The van der Waals surface area contributed by atoms with Crippen LogP contribution in [0, 0.1) is 11.3 Å². The van der Waals surface area contributed by atoms with Gasteiger partial charge in [-0.1, -0.05) is 60.3 Å². The Morgan fingerprint density at radius 3 is 1.50 bits per heavy atom. The maximum Gasteiger partial charge on any atom is 0.0181 e. The fourth-order valence-electron chi connectivity index (χ4n) is 5.31. The van der Waals surface area contributed by atoms with Gasteiger partial charge in [-0.2, -0.15) is 0 Å². The lowest BCUT2D eigenvalue weighted by molar-refractivity contribution is 0.00959. The first-order chi connectivity index (χ1) is 10.5. The monoisotopic (exact) mass is 309 g/mol. The van der Waals surface area contributed by atoms with E-state index in [-0.39, 0.29) is 0 Å². The van der Waals surface area contributed by atoms with Crippen LogP contribution < -0.4 is 0 Å². The largest absolute Gasteiger partial charge is 0.298 e. The first-order valence-electron chi connectivity index (χ1n) is 10.2. The molecule has 132 valence electrons. The first-order valence-corrected chi connectivity index (χ1v) is 10.2. The molecule has 22 heavy (non-hydrogen) atoms. The third-order valence-corrected chi connectivity index (χ3v) is 6.46. The molecule has 0 unspecified atom stereocenters. The SMILES string of the molecule is CCCC(C)(CCC)C1CCN(C(C)(CCC)CCC)CC1. The van der Waals surface area contributed by atoms with E-state index in [1.54, 1.807) is 0 Å². The highest BCUT2D eigenvalue weighted by molar-refractivity contribution is 4.92. The van der Waals surface area contributed by atoms with E-state index in [1.807, 2.05) is 0 Å². The van der Waals surface area contributed by atoms with Crippen LogP contribution in [0.15, 0.2) is 0 Å². The summed E-state index contributed by atoms with van der Waals surface area (Å²) in [6.45, 7) is 17.2. The number of rotatable bonds is 10. The molecule has 0 aliphatic carbocycles. The van der Waals surface area contributed by atoms with Gasteiger partial charge < -0.3 is 0 Å². The Morgan fingerprint density at radius 1 is 0.727 bits per heavy atom. The van der Waals surface area contributed by atoms with Crippen molar-refractivity contribution in [3.05, 3.63) is 0 Å². The third kappa shape index (κ3) is 4.98. The van der Waals surface area contributed by atoms with Crippen molar-refractivity contribution in [1.29, 1.82) is 0 Å². The summed E-state index contributed by atoms with van der Waals surface area (Å²) in [6.07, 6.45) is 13.8.